The van der Waals surface area contributed by atoms with Crippen LogP contribution in [0.1, 0.15) is 35.0 Å². The zero-order chi connectivity index (χ0) is 24.2. The fourth-order valence-electron chi connectivity index (χ4n) is 5.43. The molecular weight excluding hydrogens is 467 g/mol. The highest BCUT2D eigenvalue weighted by Crippen LogP contribution is 2.55. The number of benzene rings is 1. The lowest BCUT2D eigenvalue weighted by molar-refractivity contribution is -0.125. The summed E-state index contributed by atoms with van der Waals surface area (Å²) in [6.45, 7) is 4.97. The molecule has 1 saturated heterocycles. The van der Waals surface area contributed by atoms with E-state index >= 15 is 0 Å². The predicted octanol–water partition coefficient (Wildman–Crippen LogP) is 5.49. The van der Waals surface area contributed by atoms with Gasteiger partial charge in [0.2, 0.25) is 11.9 Å². The van der Waals surface area contributed by atoms with Gasteiger partial charge in [-0.05, 0) is 67.2 Å². The maximum Gasteiger partial charge on any atom is 0.268 e. The van der Waals surface area contributed by atoms with Crippen LogP contribution in [-0.2, 0) is 4.79 Å². The van der Waals surface area contributed by atoms with Gasteiger partial charge in [-0.25, -0.2) is 9.37 Å². The van der Waals surface area contributed by atoms with E-state index in [0.717, 1.165) is 24.1 Å². The fourth-order valence-corrected chi connectivity index (χ4v) is 6.30. The van der Waals surface area contributed by atoms with Gasteiger partial charge in [0, 0.05) is 19.1 Å². The molecule has 2 aliphatic rings. The SMILES string of the molecule is C=CC(=O)N1CCC2(CC(n3c(NC(=O)c4ccc(-c5ccco5)s4)nc4cccc(F)c43)C2)C1. The molecule has 1 spiro atoms. The van der Waals surface area contributed by atoms with Gasteiger partial charge in [0.25, 0.3) is 5.91 Å². The molecule has 9 heteroatoms. The van der Waals surface area contributed by atoms with Gasteiger partial charge in [0.15, 0.2) is 0 Å². The van der Waals surface area contributed by atoms with E-state index in [1.54, 1.807) is 30.5 Å². The molecule has 0 unspecified atom stereocenters. The third kappa shape index (κ3) is 3.67. The van der Waals surface area contributed by atoms with E-state index in [4.69, 9.17) is 4.42 Å². The Labute approximate surface area is 204 Å². The number of hydrogen-bond donors (Lipinski definition) is 1. The van der Waals surface area contributed by atoms with E-state index in [1.165, 1.54) is 23.5 Å². The highest BCUT2D eigenvalue weighted by molar-refractivity contribution is 7.17. The molecule has 3 aromatic heterocycles. The highest BCUT2D eigenvalue weighted by atomic mass is 32.1. The van der Waals surface area contributed by atoms with Crippen molar-refractivity contribution in [2.45, 2.75) is 25.3 Å². The Bertz CT molecular complexity index is 1450. The van der Waals surface area contributed by atoms with Crippen LogP contribution in [0.2, 0.25) is 0 Å². The lowest BCUT2D eigenvalue weighted by Gasteiger charge is -2.46. The average molecular weight is 491 g/mol. The second-order valence-corrected chi connectivity index (χ2v) is 10.4. The van der Waals surface area contributed by atoms with Crippen LogP contribution in [0.5, 0.6) is 0 Å². The van der Waals surface area contributed by atoms with Gasteiger partial charge in [-0.15, -0.1) is 11.3 Å². The standard InChI is InChI=1S/C26H23FN4O3S/c1-2-22(32)30-11-10-26(15-30)13-16(14-26)31-23-17(27)5-3-6-18(23)28-25(31)29-24(33)21-9-8-20(35-21)19-7-4-12-34-19/h2-9,12,16H,1,10-11,13-15H2,(H,28,29,33). The van der Waals surface area contributed by atoms with Crippen molar-refractivity contribution in [2.75, 3.05) is 18.4 Å². The van der Waals surface area contributed by atoms with Crippen molar-refractivity contribution in [2.24, 2.45) is 5.41 Å². The molecule has 4 heterocycles. The summed E-state index contributed by atoms with van der Waals surface area (Å²) >= 11 is 1.32. The van der Waals surface area contributed by atoms with Gasteiger partial charge >= 0.3 is 0 Å². The minimum absolute atomic E-state index is 0.0121. The van der Waals surface area contributed by atoms with Crippen molar-refractivity contribution < 1.29 is 18.4 Å². The van der Waals surface area contributed by atoms with E-state index in [2.05, 4.69) is 16.9 Å². The Morgan fingerprint density at radius 2 is 2.09 bits per heavy atom. The molecular formula is C26H23FN4O3S. The molecule has 1 aromatic carbocycles. The van der Waals surface area contributed by atoms with Crippen LogP contribution in [0.15, 0.2) is 65.8 Å². The average Bonchev–Trinajstić information content (AvgIpc) is 3.62. The van der Waals surface area contributed by atoms with Gasteiger partial charge in [-0.2, -0.15) is 0 Å². The zero-order valence-electron chi connectivity index (χ0n) is 18.9. The summed E-state index contributed by atoms with van der Waals surface area (Å²) in [6.07, 6.45) is 5.43. The minimum Gasteiger partial charge on any atom is -0.464 e. The summed E-state index contributed by atoms with van der Waals surface area (Å²) in [7, 11) is 0. The van der Waals surface area contributed by atoms with Gasteiger partial charge in [0.05, 0.1) is 21.5 Å². The van der Waals surface area contributed by atoms with Crippen molar-refractivity contribution in [3.8, 4) is 10.6 Å². The van der Waals surface area contributed by atoms with Crippen molar-refractivity contribution in [1.82, 2.24) is 14.5 Å². The number of carbonyl (C=O) groups is 2. The molecule has 35 heavy (non-hydrogen) atoms. The predicted molar refractivity (Wildman–Crippen MR) is 132 cm³/mol. The number of furan rings is 1. The van der Waals surface area contributed by atoms with Crippen molar-refractivity contribution >= 4 is 40.1 Å². The van der Waals surface area contributed by atoms with E-state index in [1.807, 2.05) is 21.6 Å². The molecule has 7 nitrogen and oxygen atoms in total. The monoisotopic (exact) mass is 490 g/mol. The summed E-state index contributed by atoms with van der Waals surface area (Å²) in [5.74, 6) is 0.302. The van der Waals surface area contributed by atoms with Gasteiger partial charge in [0.1, 0.15) is 17.1 Å². The summed E-state index contributed by atoms with van der Waals surface area (Å²) < 4.78 is 22.2. The summed E-state index contributed by atoms with van der Waals surface area (Å²) in [4.78, 5) is 32.9. The Kier molecular flexibility index (Phi) is 5.10. The first-order valence-electron chi connectivity index (χ1n) is 11.5. The van der Waals surface area contributed by atoms with Crippen molar-refractivity contribution in [1.29, 1.82) is 0 Å². The van der Waals surface area contributed by atoms with E-state index < -0.39 is 0 Å². The largest absolute Gasteiger partial charge is 0.464 e. The summed E-state index contributed by atoms with van der Waals surface area (Å²) in [6, 6.07) is 12.0. The molecule has 0 atom stereocenters. The number of anilines is 1. The van der Waals surface area contributed by atoms with Crippen LogP contribution in [0.4, 0.5) is 10.3 Å². The molecule has 1 N–H and O–H groups in total. The highest BCUT2D eigenvalue weighted by Gasteiger charge is 2.50. The minimum atomic E-state index is -0.373. The van der Waals surface area contributed by atoms with Crippen molar-refractivity contribution in [3.63, 3.8) is 0 Å². The third-order valence-corrected chi connectivity index (χ3v) is 8.21. The van der Waals surface area contributed by atoms with Crippen LogP contribution in [0, 0.1) is 11.2 Å². The van der Waals surface area contributed by atoms with Gasteiger partial charge in [-0.3, -0.25) is 14.9 Å². The maximum absolute atomic E-state index is 14.9. The molecule has 0 radical (unpaired) electrons. The number of amides is 2. The lowest BCUT2D eigenvalue weighted by atomic mass is 9.64. The molecule has 178 valence electrons. The molecule has 1 aliphatic heterocycles. The van der Waals surface area contributed by atoms with Crippen LogP contribution in [0.25, 0.3) is 21.7 Å². The van der Waals surface area contributed by atoms with Crippen LogP contribution in [-0.4, -0.2) is 39.4 Å². The lowest BCUT2D eigenvalue weighted by Crippen LogP contribution is -2.42. The van der Waals surface area contributed by atoms with E-state index in [-0.39, 0.29) is 29.1 Å². The number of thiophene rings is 1. The number of aromatic nitrogens is 2. The molecule has 0 bridgehead atoms. The molecule has 1 saturated carbocycles. The Hall–Kier alpha value is -3.72. The number of hydrogen-bond acceptors (Lipinski definition) is 5. The number of likely N-dealkylation sites (tertiary alicyclic amines) is 1. The normalized spacial score (nSPS) is 21.4. The molecule has 1 aliphatic carbocycles. The van der Waals surface area contributed by atoms with E-state index in [0.29, 0.717) is 40.7 Å². The maximum atomic E-state index is 14.9. The number of para-hydroxylation sites is 1. The second-order valence-electron chi connectivity index (χ2n) is 9.28. The molecule has 4 aromatic rings. The smallest absolute Gasteiger partial charge is 0.268 e. The topological polar surface area (TPSA) is 80.4 Å². The number of rotatable bonds is 5. The van der Waals surface area contributed by atoms with Crippen molar-refractivity contribution in [3.05, 3.63) is 72.1 Å². The first kappa shape index (κ1) is 21.8. The molecule has 2 fully saturated rings. The van der Waals surface area contributed by atoms with E-state index in [9.17, 15) is 14.0 Å². The number of carbonyl (C=O) groups excluding carboxylic acids is 2. The van der Waals surface area contributed by atoms with Crippen LogP contribution in [0.3, 0.4) is 0 Å². The summed E-state index contributed by atoms with van der Waals surface area (Å²) in [5.41, 5.74) is 0.902. The van der Waals surface area contributed by atoms with Crippen LogP contribution >= 0.6 is 11.3 Å². The number of nitrogens with one attached hydrogen (secondary N) is 1. The zero-order valence-corrected chi connectivity index (χ0v) is 19.7. The Balaban J connectivity index is 1.28. The number of halogens is 1. The second kappa shape index (κ2) is 8.20. The number of fused-ring (bicyclic) bond motifs is 1. The molecule has 6 rings (SSSR count). The Morgan fingerprint density at radius 1 is 1.23 bits per heavy atom. The quantitative estimate of drug-likeness (QED) is 0.375. The van der Waals surface area contributed by atoms with Gasteiger partial charge < -0.3 is 13.9 Å². The first-order chi connectivity index (χ1) is 17.0. The van der Waals surface area contributed by atoms with Gasteiger partial charge in [-0.1, -0.05) is 12.6 Å². The Morgan fingerprint density at radius 3 is 2.86 bits per heavy atom. The molecule has 2 amide bonds. The van der Waals surface area contributed by atoms with Crippen LogP contribution < -0.4 is 5.32 Å². The number of nitrogens with zero attached hydrogens (tertiary/aromatic N) is 3. The first-order valence-corrected chi connectivity index (χ1v) is 12.3. The third-order valence-electron chi connectivity index (χ3n) is 7.11. The fraction of sp³-hybridized carbons (Fsp3) is 0.269. The summed E-state index contributed by atoms with van der Waals surface area (Å²) in [5, 5.41) is 2.91. The number of imidazole rings is 1.